The van der Waals surface area contributed by atoms with Crippen molar-refractivity contribution in [2.45, 2.75) is 44.2 Å². The van der Waals surface area contributed by atoms with Crippen LogP contribution in [0.5, 0.6) is 0 Å². The van der Waals surface area contributed by atoms with Crippen molar-refractivity contribution < 1.29 is 14.3 Å². The van der Waals surface area contributed by atoms with Crippen LogP contribution in [0.4, 0.5) is 9.18 Å². The van der Waals surface area contributed by atoms with Crippen molar-refractivity contribution in [3.05, 3.63) is 35.6 Å². The van der Waals surface area contributed by atoms with E-state index in [1.807, 2.05) is 0 Å². The first kappa shape index (κ1) is 14.8. The molecule has 1 saturated carbocycles. The van der Waals surface area contributed by atoms with Crippen molar-refractivity contribution in [2.24, 2.45) is 0 Å². The van der Waals surface area contributed by atoms with Crippen LogP contribution in [0.3, 0.4) is 0 Å². The Labute approximate surface area is 118 Å². The summed E-state index contributed by atoms with van der Waals surface area (Å²) in [7, 11) is 0. The molecule has 0 bridgehead atoms. The number of hydrogen-bond donors (Lipinski definition) is 3. The Balaban J connectivity index is 1.73. The molecule has 0 radical (unpaired) electrons. The fourth-order valence-corrected chi connectivity index (χ4v) is 2.48. The van der Waals surface area contributed by atoms with Gasteiger partial charge in [0, 0.05) is 12.6 Å². The van der Waals surface area contributed by atoms with Gasteiger partial charge in [-0.15, -0.1) is 0 Å². The Morgan fingerprint density at radius 2 is 1.90 bits per heavy atom. The van der Waals surface area contributed by atoms with Crippen LogP contribution in [0.2, 0.25) is 0 Å². The molecule has 20 heavy (non-hydrogen) atoms. The lowest BCUT2D eigenvalue weighted by molar-refractivity contribution is 0.172. The van der Waals surface area contributed by atoms with E-state index in [2.05, 4.69) is 10.6 Å². The highest BCUT2D eigenvalue weighted by atomic mass is 19.1. The van der Waals surface area contributed by atoms with Gasteiger partial charge in [-0.1, -0.05) is 31.4 Å². The van der Waals surface area contributed by atoms with Crippen molar-refractivity contribution in [1.29, 1.82) is 0 Å². The standard InChI is InChI=1S/C15H21FN2O2/c16-12-8-6-11(7-9-12)14(19)10-17-15(20)18-13-4-2-1-3-5-13/h6-9,13-14,19H,1-5,10H2,(H2,17,18,20). The fraction of sp³-hybridized carbons (Fsp3) is 0.533. The third-order valence-electron chi connectivity index (χ3n) is 3.65. The summed E-state index contributed by atoms with van der Waals surface area (Å²) in [6.45, 7) is 0.115. The van der Waals surface area contributed by atoms with Crippen molar-refractivity contribution in [2.75, 3.05) is 6.54 Å². The molecule has 1 fully saturated rings. The van der Waals surface area contributed by atoms with E-state index in [0.717, 1.165) is 25.7 Å². The fourth-order valence-electron chi connectivity index (χ4n) is 2.48. The number of amides is 2. The summed E-state index contributed by atoms with van der Waals surface area (Å²) in [6, 6.07) is 5.60. The second kappa shape index (κ2) is 7.24. The number of rotatable bonds is 4. The van der Waals surface area contributed by atoms with Crippen LogP contribution < -0.4 is 10.6 Å². The van der Waals surface area contributed by atoms with Gasteiger partial charge in [-0.2, -0.15) is 0 Å². The zero-order valence-electron chi connectivity index (χ0n) is 11.4. The Morgan fingerprint density at radius 3 is 2.55 bits per heavy atom. The average molecular weight is 280 g/mol. The lowest BCUT2D eigenvalue weighted by Crippen LogP contribution is -2.44. The smallest absolute Gasteiger partial charge is 0.315 e. The van der Waals surface area contributed by atoms with Crippen molar-refractivity contribution in [3.63, 3.8) is 0 Å². The first-order valence-corrected chi connectivity index (χ1v) is 7.13. The molecule has 0 aromatic heterocycles. The van der Waals surface area contributed by atoms with E-state index >= 15 is 0 Å². The van der Waals surface area contributed by atoms with Crippen molar-refractivity contribution in [1.82, 2.24) is 10.6 Å². The van der Waals surface area contributed by atoms with Crippen molar-refractivity contribution in [3.8, 4) is 0 Å². The average Bonchev–Trinajstić information content (AvgIpc) is 2.46. The van der Waals surface area contributed by atoms with Gasteiger partial charge >= 0.3 is 6.03 Å². The number of aliphatic hydroxyl groups excluding tert-OH is 1. The third kappa shape index (κ3) is 4.49. The SMILES string of the molecule is O=C(NCC(O)c1ccc(F)cc1)NC1CCCCC1. The second-order valence-corrected chi connectivity index (χ2v) is 5.26. The second-order valence-electron chi connectivity index (χ2n) is 5.26. The lowest BCUT2D eigenvalue weighted by atomic mass is 9.96. The Hall–Kier alpha value is -1.62. The minimum absolute atomic E-state index is 0.115. The molecule has 0 heterocycles. The van der Waals surface area contributed by atoms with E-state index < -0.39 is 6.10 Å². The minimum atomic E-state index is -0.826. The molecular formula is C15H21FN2O2. The number of urea groups is 1. The lowest BCUT2D eigenvalue weighted by Gasteiger charge is -2.23. The summed E-state index contributed by atoms with van der Waals surface area (Å²) in [6.07, 6.45) is 4.77. The predicted octanol–water partition coefficient (Wildman–Crippen LogP) is 2.49. The number of carbonyl (C=O) groups is 1. The minimum Gasteiger partial charge on any atom is -0.387 e. The van der Waals surface area contributed by atoms with Crippen LogP contribution in [0, 0.1) is 5.82 Å². The molecule has 2 rings (SSSR count). The number of halogens is 1. The number of carbonyl (C=O) groups excluding carboxylic acids is 1. The van der Waals surface area contributed by atoms with Gasteiger partial charge in [-0.05, 0) is 30.5 Å². The van der Waals surface area contributed by atoms with Gasteiger partial charge in [-0.25, -0.2) is 9.18 Å². The Kier molecular flexibility index (Phi) is 5.35. The molecule has 5 heteroatoms. The van der Waals surface area contributed by atoms with E-state index in [0.29, 0.717) is 5.56 Å². The van der Waals surface area contributed by atoms with Gasteiger partial charge < -0.3 is 15.7 Å². The van der Waals surface area contributed by atoms with E-state index in [4.69, 9.17) is 0 Å². The molecule has 2 amide bonds. The highest BCUT2D eigenvalue weighted by Crippen LogP contribution is 2.17. The number of aliphatic hydroxyl groups is 1. The van der Waals surface area contributed by atoms with Crippen LogP contribution in [0.15, 0.2) is 24.3 Å². The highest BCUT2D eigenvalue weighted by Gasteiger charge is 2.16. The topological polar surface area (TPSA) is 61.4 Å². The molecule has 110 valence electrons. The molecule has 4 nitrogen and oxygen atoms in total. The summed E-state index contributed by atoms with van der Waals surface area (Å²) < 4.78 is 12.8. The van der Waals surface area contributed by atoms with E-state index in [-0.39, 0.29) is 24.4 Å². The van der Waals surface area contributed by atoms with Crippen molar-refractivity contribution >= 4 is 6.03 Å². The van der Waals surface area contributed by atoms with Crippen LogP contribution in [0.1, 0.15) is 43.8 Å². The van der Waals surface area contributed by atoms with Gasteiger partial charge in [0.25, 0.3) is 0 Å². The Morgan fingerprint density at radius 1 is 1.25 bits per heavy atom. The first-order chi connectivity index (χ1) is 9.65. The monoisotopic (exact) mass is 280 g/mol. The van der Waals surface area contributed by atoms with Gasteiger partial charge in [0.2, 0.25) is 0 Å². The first-order valence-electron chi connectivity index (χ1n) is 7.13. The molecule has 1 aromatic carbocycles. The Bertz CT molecular complexity index is 430. The normalized spacial score (nSPS) is 17.5. The van der Waals surface area contributed by atoms with E-state index in [1.165, 1.54) is 30.7 Å². The molecule has 1 atom stereocenters. The van der Waals surface area contributed by atoms with E-state index in [9.17, 15) is 14.3 Å². The molecule has 0 aliphatic heterocycles. The zero-order chi connectivity index (χ0) is 14.4. The van der Waals surface area contributed by atoms with Crippen LogP contribution in [0.25, 0.3) is 0 Å². The summed E-state index contributed by atoms with van der Waals surface area (Å²) in [5.74, 6) is -0.344. The third-order valence-corrected chi connectivity index (χ3v) is 3.65. The number of hydrogen-bond acceptors (Lipinski definition) is 2. The molecule has 1 unspecified atom stereocenters. The summed E-state index contributed by atoms with van der Waals surface area (Å²) in [4.78, 5) is 11.7. The molecule has 1 aliphatic carbocycles. The number of nitrogens with one attached hydrogen (secondary N) is 2. The molecule has 0 spiro atoms. The maximum atomic E-state index is 12.8. The van der Waals surface area contributed by atoms with Gasteiger partial charge in [-0.3, -0.25) is 0 Å². The molecule has 1 aliphatic rings. The summed E-state index contributed by atoms with van der Waals surface area (Å²) in [5.41, 5.74) is 0.587. The summed E-state index contributed by atoms with van der Waals surface area (Å²) in [5, 5.41) is 15.5. The molecule has 0 saturated heterocycles. The largest absolute Gasteiger partial charge is 0.387 e. The van der Waals surface area contributed by atoms with Crippen LogP contribution in [-0.4, -0.2) is 23.7 Å². The van der Waals surface area contributed by atoms with Crippen LogP contribution >= 0.6 is 0 Å². The zero-order valence-corrected chi connectivity index (χ0v) is 11.4. The molecule has 3 N–H and O–H groups in total. The van der Waals surface area contributed by atoms with Gasteiger partial charge in [0.05, 0.1) is 6.10 Å². The van der Waals surface area contributed by atoms with E-state index in [1.54, 1.807) is 0 Å². The maximum absolute atomic E-state index is 12.8. The predicted molar refractivity (Wildman–Crippen MR) is 74.8 cm³/mol. The number of benzene rings is 1. The van der Waals surface area contributed by atoms with Gasteiger partial charge in [0.1, 0.15) is 5.82 Å². The highest BCUT2D eigenvalue weighted by molar-refractivity contribution is 5.74. The summed E-state index contributed by atoms with van der Waals surface area (Å²) >= 11 is 0. The molecule has 1 aromatic rings. The van der Waals surface area contributed by atoms with Gasteiger partial charge in [0.15, 0.2) is 0 Å². The molecular weight excluding hydrogens is 259 g/mol. The maximum Gasteiger partial charge on any atom is 0.315 e. The quantitative estimate of drug-likeness (QED) is 0.793. The van der Waals surface area contributed by atoms with Crippen LogP contribution in [-0.2, 0) is 0 Å².